The van der Waals surface area contributed by atoms with E-state index in [0.29, 0.717) is 12.0 Å². The summed E-state index contributed by atoms with van der Waals surface area (Å²) in [5.74, 6) is 0.530. The van der Waals surface area contributed by atoms with Crippen LogP contribution in [0.15, 0.2) is 0 Å². The van der Waals surface area contributed by atoms with E-state index in [1.165, 1.54) is 0 Å². The van der Waals surface area contributed by atoms with Gasteiger partial charge in [-0.15, -0.1) is 12.4 Å². The molecule has 102 valence electrons. The van der Waals surface area contributed by atoms with Gasteiger partial charge in [-0.2, -0.15) is 0 Å². The van der Waals surface area contributed by atoms with E-state index in [1.54, 1.807) is 0 Å². The highest BCUT2D eigenvalue weighted by atomic mass is 35.5. The van der Waals surface area contributed by atoms with Gasteiger partial charge in [0.05, 0.1) is 12.1 Å². The maximum absolute atomic E-state index is 11.6. The molecule has 0 aromatic rings. The summed E-state index contributed by atoms with van der Waals surface area (Å²) in [5, 5.41) is 2.94. The molecule has 5 heteroatoms. The second-order valence-electron chi connectivity index (χ2n) is 4.71. The van der Waals surface area contributed by atoms with Crippen LogP contribution in [0.4, 0.5) is 0 Å². The zero-order valence-electron chi connectivity index (χ0n) is 10.8. The van der Waals surface area contributed by atoms with E-state index in [1.807, 2.05) is 6.92 Å². The molecule has 3 N–H and O–H groups in total. The van der Waals surface area contributed by atoms with Crippen LogP contribution in [0.25, 0.3) is 0 Å². The molecule has 17 heavy (non-hydrogen) atoms. The van der Waals surface area contributed by atoms with E-state index in [0.717, 1.165) is 38.8 Å². The highest BCUT2D eigenvalue weighted by Crippen LogP contribution is 2.18. The lowest BCUT2D eigenvalue weighted by molar-refractivity contribution is -0.123. The van der Waals surface area contributed by atoms with Crippen molar-refractivity contribution in [2.45, 2.75) is 51.7 Å². The molecule has 1 rings (SSSR count). The van der Waals surface area contributed by atoms with Crippen LogP contribution in [0.1, 0.15) is 39.5 Å². The molecule has 3 unspecified atom stereocenters. The molecular weight excluding hydrogens is 240 g/mol. The van der Waals surface area contributed by atoms with Crippen LogP contribution in [0.2, 0.25) is 0 Å². The third-order valence-corrected chi connectivity index (χ3v) is 3.10. The molecule has 0 spiro atoms. The zero-order chi connectivity index (χ0) is 12.0. The normalized spacial score (nSPS) is 25.8. The van der Waals surface area contributed by atoms with Crippen molar-refractivity contribution in [3.05, 3.63) is 0 Å². The Hall–Kier alpha value is -0.320. The first-order valence-electron chi connectivity index (χ1n) is 6.28. The lowest BCUT2D eigenvalue weighted by Crippen LogP contribution is -2.43. The molecule has 1 saturated heterocycles. The Morgan fingerprint density at radius 1 is 1.59 bits per heavy atom. The van der Waals surface area contributed by atoms with E-state index < -0.39 is 0 Å². The van der Waals surface area contributed by atoms with E-state index >= 15 is 0 Å². The summed E-state index contributed by atoms with van der Waals surface area (Å²) in [4.78, 5) is 11.6. The average molecular weight is 265 g/mol. The van der Waals surface area contributed by atoms with Gasteiger partial charge < -0.3 is 15.8 Å². The van der Waals surface area contributed by atoms with Gasteiger partial charge in [0, 0.05) is 13.2 Å². The summed E-state index contributed by atoms with van der Waals surface area (Å²) in [7, 11) is 0. The molecule has 0 aromatic carbocycles. The first-order chi connectivity index (χ1) is 7.63. The second-order valence-corrected chi connectivity index (χ2v) is 4.71. The number of hydrogen-bond acceptors (Lipinski definition) is 3. The topological polar surface area (TPSA) is 64.4 Å². The molecule has 0 radical (unpaired) electrons. The molecule has 4 nitrogen and oxygen atoms in total. The van der Waals surface area contributed by atoms with E-state index in [9.17, 15) is 4.79 Å². The predicted molar refractivity (Wildman–Crippen MR) is 71.3 cm³/mol. The molecule has 1 heterocycles. The highest BCUT2D eigenvalue weighted by Gasteiger charge is 2.20. The predicted octanol–water partition coefficient (Wildman–Crippen LogP) is 1.47. The molecule has 1 fully saturated rings. The van der Waals surface area contributed by atoms with Crippen molar-refractivity contribution < 1.29 is 9.53 Å². The van der Waals surface area contributed by atoms with Crippen LogP contribution >= 0.6 is 12.4 Å². The molecule has 1 aliphatic heterocycles. The summed E-state index contributed by atoms with van der Waals surface area (Å²) in [5.41, 5.74) is 5.73. The molecule has 0 bridgehead atoms. The highest BCUT2D eigenvalue weighted by molar-refractivity contribution is 5.85. The largest absolute Gasteiger partial charge is 0.378 e. The summed E-state index contributed by atoms with van der Waals surface area (Å²) in [6.07, 6.45) is 4.09. The van der Waals surface area contributed by atoms with Gasteiger partial charge in [0.25, 0.3) is 0 Å². The first kappa shape index (κ1) is 16.7. The first-order valence-corrected chi connectivity index (χ1v) is 6.28. The van der Waals surface area contributed by atoms with Crippen molar-refractivity contribution >= 4 is 18.3 Å². The lowest BCUT2D eigenvalue weighted by atomic mass is 9.96. The van der Waals surface area contributed by atoms with Gasteiger partial charge in [-0.25, -0.2) is 0 Å². The van der Waals surface area contributed by atoms with Gasteiger partial charge in [0.1, 0.15) is 0 Å². The van der Waals surface area contributed by atoms with Crippen LogP contribution in [0, 0.1) is 5.92 Å². The van der Waals surface area contributed by atoms with Crippen molar-refractivity contribution in [2.75, 3.05) is 13.2 Å². The van der Waals surface area contributed by atoms with Gasteiger partial charge in [-0.1, -0.05) is 13.3 Å². The molecule has 0 saturated carbocycles. The van der Waals surface area contributed by atoms with Crippen molar-refractivity contribution in [3.8, 4) is 0 Å². The maximum atomic E-state index is 11.6. The van der Waals surface area contributed by atoms with E-state index in [4.69, 9.17) is 10.5 Å². The molecular formula is C12H25ClN2O2. The smallest absolute Gasteiger partial charge is 0.236 e. The average Bonchev–Trinajstić information content (AvgIpc) is 2.26. The monoisotopic (exact) mass is 264 g/mol. The SMILES string of the molecule is CCCC(N)C(=O)NCC1CCOC(C)C1.Cl. The van der Waals surface area contributed by atoms with Crippen molar-refractivity contribution in [1.82, 2.24) is 5.32 Å². The van der Waals surface area contributed by atoms with Gasteiger partial charge >= 0.3 is 0 Å². The lowest BCUT2D eigenvalue weighted by Gasteiger charge is -2.27. The number of ether oxygens (including phenoxy) is 1. The number of carbonyl (C=O) groups excluding carboxylic acids is 1. The Kier molecular flexibility index (Phi) is 8.56. The second kappa shape index (κ2) is 8.72. The third kappa shape index (κ3) is 6.24. The molecule has 1 amide bonds. The summed E-state index contributed by atoms with van der Waals surface area (Å²) in [6.45, 7) is 5.66. The van der Waals surface area contributed by atoms with Crippen LogP contribution in [-0.4, -0.2) is 31.2 Å². The molecule has 0 aromatic heterocycles. The van der Waals surface area contributed by atoms with Gasteiger partial charge in [0.2, 0.25) is 5.91 Å². The Morgan fingerprint density at radius 3 is 2.88 bits per heavy atom. The van der Waals surface area contributed by atoms with Crippen molar-refractivity contribution in [1.29, 1.82) is 0 Å². The van der Waals surface area contributed by atoms with Crippen LogP contribution in [0.5, 0.6) is 0 Å². The van der Waals surface area contributed by atoms with E-state index in [2.05, 4.69) is 12.2 Å². The quantitative estimate of drug-likeness (QED) is 0.790. The number of nitrogens with one attached hydrogen (secondary N) is 1. The molecule has 0 aliphatic carbocycles. The Labute approximate surface area is 110 Å². The van der Waals surface area contributed by atoms with Crippen LogP contribution in [0.3, 0.4) is 0 Å². The van der Waals surface area contributed by atoms with Crippen LogP contribution < -0.4 is 11.1 Å². The van der Waals surface area contributed by atoms with Crippen molar-refractivity contribution in [2.24, 2.45) is 11.7 Å². The molecule has 1 aliphatic rings. The number of hydrogen-bond donors (Lipinski definition) is 2. The minimum Gasteiger partial charge on any atom is -0.378 e. The standard InChI is InChI=1S/C12H24N2O2.ClH/c1-3-4-11(13)12(15)14-8-10-5-6-16-9(2)7-10;/h9-11H,3-8,13H2,1-2H3,(H,14,15);1H. The minimum atomic E-state index is -0.345. The van der Waals surface area contributed by atoms with E-state index in [-0.39, 0.29) is 24.4 Å². The fourth-order valence-corrected chi connectivity index (χ4v) is 2.09. The Balaban J connectivity index is 0.00000256. The number of carbonyl (C=O) groups is 1. The Bertz CT molecular complexity index is 227. The number of halogens is 1. The Morgan fingerprint density at radius 2 is 2.29 bits per heavy atom. The maximum Gasteiger partial charge on any atom is 0.236 e. The number of nitrogens with two attached hydrogens (primary N) is 1. The summed E-state index contributed by atoms with van der Waals surface area (Å²) in [6, 6.07) is -0.345. The van der Waals surface area contributed by atoms with Gasteiger partial charge in [-0.3, -0.25) is 4.79 Å². The number of amides is 1. The molecule has 3 atom stereocenters. The number of rotatable bonds is 5. The minimum absolute atomic E-state index is 0. The summed E-state index contributed by atoms with van der Waals surface area (Å²) < 4.78 is 5.46. The van der Waals surface area contributed by atoms with Gasteiger partial charge in [-0.05, 0) is 32.1 Å². The van der Waals surface area contributed by atoms with Crippen molar-refractivity contribution in [3.63, 3.8) is 0 Å². The van der Waals surface area contributed by atoms with Crippen LogP contribution in [-0.2, 0) is 9.53 Å². The zero-order valence-corrected chi connectivity index (χ0v) is 11.6. The fraction of sp³-hybridized carbons (Fsp3) is 0.917. The fourth-order valence-electron chi connectivity index (χ4n) is 2.09. The third-order valence-electron chi connectivity index (χ3n) is 3.10. The van der Waals surface area contributed by atoms with Gasteiger partial charge in [0.15, 0.2) is 0 Å². The summed E-state index contributed by atoms with van der Waals surface area (Å²) >= 11 is 0.